The molecule has 0 atom stereocenters. The number of benzene rings is 1. The molecule has 0 spiro atoms. The summed E-state index contributed by atoms with van der Waals surface area (Å²) in [5.41, 5.74) is 0.995. The first kappa shape index (κ1) is 17.3. The molecule has 22 heavy (non-hydrogen) atoms. The van der Waals surface area contributed by atoms with Crippen molar-refractivity contribution < 1.29 is 9.18 Å². The molecule has 0 amide bonds. The molecule has 1 heterocycles. The molecule has 1 aromatic carbocycles. The Labute approximate surface area is 144 Å². The van der Waals surface area contributed by atoms with Crippen LogP contribution in [0, 0.1) is 9.39 Å². The number of nitrogens with zero attached hydrogens (tertiary/aromatic N) is 2. The van der Waals surface area contributed by atoms with Gasteiger partial charge in [-0.2, -0.15) is 0 Å². The fraction of sp³-hybridized carbons (Fsp3) is 0.412. The van der Waals surface area contributed by atoms with Crippen molar-refractivity contribution >= 4 is 39.3 Å². The zero-order valence-electron chi connectivity index (χ0n) is 12.9. The van der Waals surface area contributed by atoms with Crippen molar-refractivity contribution in [3.05, 3.63) is 39.3 Å². The van der Waals surface area contributed by atoms with Crippen LogP contribution in [0.25, 0.3) is 10.9 Å². The second-order valence-electron chi connectivity index (χ2n) is 5.20. The van der Waals surface area contributed by atoms with Gasteiger partial charge in [0.05, 0.1) is 5.52 Å². The van der Waals surface area contributed by atoms with E-state index in [4.69, 9.17) is 0 Å². The number of aromatic nitrogens is 1. The van der Waals surface area contributed by atoms with Gasteiger partial charge in [0.15, 0.2) is 5.78 Å². The number of hydrogen-bond acceptors (Lipinski definition) is 3. The molecule has 0 saturated carbocycles. The Bertz CT molecular complexity index is 671. The van der Waals surface area contributed by atoms with Gasteiger partial charge < -0.3 is 4.90 Å². The molecule has 2 rings (SSSR count). The molecule has 0 aliphatic carbocycles. The molecule has 0 fully saturated rings. The maximum Gasteiger partial charge on any atom is 0.165 e. The number of hydrogen-bond donors (Lipinski definition) is 0. The van der Waals surface area contributed by atoms with E-state index in [2.05, 4.69) is 46.3 Å². The molecular formula is C17H20FIN2O. The number of pyridine rings is 1. The smallest absolute Gasteiger partial charge is 0.165 e. The van der Waals surface area contributed by atoms with Gasteiger partial charge in [-0.3, -0.25) is 9.78 Å². The average Bonchev–Trinajstić information content (AvgIpc) is 2.51. The number of ketones is 1. The van der Waals surface area contributed by atoms with Gasteiger partial charge in [0, 0.05) is 27.1 Å². The minimum atomic E-state index is -0.333. The van der Waals surface area contributed by atoms with Crippen LogP contribution in [0.2, 0.25) is 0 Å². The Morgan fingerprint density at radius 2 is 2.05 bits per heavy atom. The molecule has 3 nitrogen and oxygen atoms in total. The van der Waals surface area contributed by atoms with Gasteiger partial charge in [-0.15, -0.1) is 0 Å². The van der Waals surface area contributed by atoms with Crippen LogP contribution in [0.3, 0.4) is 0 Å². The number of rotatable bonds is 7. The van der Waals surface area contributed by atoms with E-state index in [-0.39, 0.29) is 11.6 Å². The topological polar surface area (TPSA) is 33.2 Å². The molecule has 1 aromatic heterocycles. The van der Waals surface area contributed by atoms with Crippen molar-refractivity contribution in [3.63, 3.8) is 0 Å². The molecule has 0 saturated heterocycles. The second kappa shape index (κ2) is 7.97. The Morgan fingerprint density at radius 1 is 1.32 bits per heavy atom. The number of carbonyl (C=O) groups is 1. The highest BCUT2D eigenvalue weighted by Crippen LogP contribution is 2.24. The fourth-order valence-electron chi connectivity index (χ4n) is 2.54. The van der Waals surface area contributed by atoms with E-state index in [1.54, 1.807) is 12.1 Å². The average molecular weight is 412 g/mol. The highest BCUT2D eigenvalue weighted by Gasteiger charge is 2.14. The van der Waals surface area contributed by atoms with Gasteiger partial charge in [-0.1, -0.05) is 13.8 Å². The third kappa shape index (κ3) is 4.01. The van der Waals surface area contributed by atoms with Crippen molar-refractivity contribution in [1.82, 2.24) is 9.88 Å². The maximum absolute atomic E-state index is 13.9. The van der Waals surface area contributed by atoms with Crippen LogP contribution in [0.4, 0.5) is 4.39 Å². The number of fused-ring (bicyclic) bond motifs is 1. The summed E-state index contributed by atoms with van der Waals surface area (Å²) in [5, 5.41) is 0.418. The zero-order chi connectivity index (χ0) is 16.1. The summed E-state index contributed by atoms with van der Waals surface area (Å²) in [6.45, 7) is 7.12. The van der Waals surface area contributed by atoms with Crippen molar-refractivity contribution in [2.24, 2.45) is 0 Å². The summed E-state index contributed by atoms with van der Waals surface area (Å²) in [5.74, 6) is -0.297. The summed E-state index contributed by atoms with van der Waals surface area (Å²) in [7, 11) is 0. The molecule has 0 unspecified atom stereocenters. The molecule has 0 aliphatic rings. The first-order chi connectivity index (χ1) is 10.6. The number of carbonyl (C=O) groups excluding carboxylic acids is 1. The van der Waals surface area contributed by atoms with E-state index in [9.17, 15) is 9.18 Å². The standard InChI is InChI=1S/C17H20FIN2O/c1-3-21(4-2)9-5-6-16(22)14-11-12(19)10-13-15(18)7-8-20-17(13)14/h7-8,10-11H,3-6,9H2,1-2H3/i19-2. The molecular weight excluding hydrogens is 392 g/mol. The fourth-order valence-corrected chi connectivity index (χ4v) is 3.16. The van der Waals surface area contributed by atoms with Gasteiger partial charge in [0.1, 0.15) is 5.82 Å². The Balaban J connectivity index is 2.19. The van der Waals surface area contributed by atoms with Gasteiger partial charge >= 0.3 is 0 Å². The summed E-state index contributed by atoms with van der Waals surface area (Å²) >= 11 is 2.11. The second-order valence-corrected chi connectivity index (χ2v) is 6.44. The first-order valence-electron chi connectivity index (χ1n) is 7.56. The van der Waals surface area contributed by atoms with Crippen LogP contribution in [-0.2, 0) is 0 Å². The molecule has 0 N–H and O–H groups in total. The van der Waals surface area contributed by atoms with Crippen molar-refractivity contribution in [2.45, 2.75) is 26.7 Å². The minimum absolute atomic E-state index is 0.0359. The molecule has 0 aliphatic heterocycles. The largest absolute Gasteiger partial charge is 0.304 e. The lowest BCUT2D eigenvalue weighted by molar-refractivity contribution is 0.0976. The van der Waals surface area contributed by atoms with Crippen LogP contribution in [0.5, 0.6) is 0 Å². The van der Waals surface area contributed by atoms with E-state index < -0.39 is 0 Å². The van der Waals surface area contributed by atoms with Gasteiger partial charge in [0.2, 0.25) is 0 Å². The van der Waals surface area contributed by atoms with E-state index in [0.29, 0.717) is 22.9 Å². The van der Waals surface area contributed by atoms with Crippen LogP contribution < -0.4 is 0 Å². The number of Topliss-reactive ketones (excluding diaryl/α,β-unsaturated/α-hetero) is 1. The lowest BCUT2D eigenvalue weighted by Crippen LogP contribution is -2.24. The highest BCUT2D eigenvalue weighted by atomic mass is 125. The zero-order valence-corrected chi connectivity index (χ0v) is 15.1. The van der Waals surface area contributed by atoms with Crippen molar-refractivity contribution in [3.8, 4) is 0 Å². The predicted molar refractivity (Wildman–Crippen MR) is 95.8 cm³/mol. The lowest BCUT2D eigenvalue weighted by Gasteiger charge is -2.17. The van der Waals surface area contributed by atoms with E-state index in [1.807, 2.05) is 0 Å². The molecule has 5 heteroatoms. The third-order valence-corrected chi connectivity index (χ3v) is 4.45. The van der Waals surface area contributed by atoms with Crippen molar-refractivity contribution in [2.75, 3.05) is 19.6 Å². The molecule has 118 valence electrons. The Kier molecular flexibility index (Phi) is 6.26. The maximum atomic E-state index is 13.9. The van der Waals surface area contributed by atoms with E-state index in [0.717, 1.165) is 29.6 Å². The minimum Gasteiger partial charge on any atom is -0.304 e. The quantitative estimate of drug-likeness (QED) is 0.503. The summed E-state index contributed by atoms with van der Waals surface area (Å²) in [6, 6.07) is 4.85. The van der Waals surface area contributed by atoms with E-state index in [1.165, 1.54) is 12.3 Å². The van der Waals surface area contributed by atoms with Gasteiger partial charge in [-0.25, -0.2) is 4.39 Å². The van der Waals surface area contributed by atoms with Crippen LogP contribution in [0.1, 0.15) is 37.0 Å². The van der Waals surface area contributed by atoms with Crippen LogP contribution in [0.15, 0.2) is 24.4 Å². The van der Waals surface area contributed by atoms with Gasteiger partial charge in [-0.05, 0) is 66.8 Å². The predicted octanol–water partition coefficient (Wildman–Crippen LogP) is 4.28. The van der Waals surface area contributed by atoms with Crippen molar-refractivity contribution in [1.29, 1.82) is 0 Å². The molecule has 2 aromatic rings. The van der Waals surface area contributed by atoms with Crippen LogP contribution in [-0.4, -0.2) is 35.3 Å². The summed E-state index contributed by atoms with van der Waals surface area (Å²) < 4.78 is 14.7. The SMILES string of the molecule is CCN(CC)CCCC(=O)c1cc([125I])cc2c(F)ccnc12. The molecule has 0 radical (unpaired) electrons. The summed E-state index contributed by atoms with van der Waals surface area (Å²) in [4.78, 5) is 19.0. The van der Waals surface area contributed by atoms with E-state index >= 15 is 0 Å². The number of halogens is 2. The lowest BCUT2D eigenvalue weighted by atomic mass is 10.0. The van der Waals surface area contributed by atoms with Crippen LogP contribution >= 0.6 is 22.6 Å². The highest BCUT2D eigenvalue weighted by molar-refractivity contribution is 14.1. The summed E-state index contributed by atoms with van der Waals surface area (Å²) in [6.07, 6.45) is 2.68. The normalized spacial score (nSPS) is 11.3. The third-order valence-electron chi connectivity index (χ3n) is 3.83. The Hall–Kier alpha value is -1.08. The Morgan fingerprint density at radius 3 is 2.73 bits per heavy atom. The van der Waals surface area contributed by atoms with Gasteiger partial charge in [0.25, 0.3) is 0 Å². The molecule has 0 bridgehead atoms. The monoisotopic (exact) mass is 412 g/mol. The first-order valence-corrected chi connectivity index (χ1v) is 8.64.